The zero-order valence-electron chi connectivity index (χ0n) is 9.15. The van der Waals surface area contributed by atoms with E-state index in [9.17, 15) is 5.11 Å². The summed E-state index contributed by atoms with van der Waals surface area (Å²) in [5.41, 5.74) is 0. The third kappa shape index (κ3) is 3.95. The summed E-state index contributed by atoms with van der Waals surface area (Å²) in [4.78, 5) is 2.34. The quantitative estimate of drug-likeness (QED) is 0.648. The molecular weight excluding hydrogens is 178 g/mol. The van der Waals surface area contributed by atoms with Gasteiger partial charge in [-0.25, -0.2) is 0 Å². The number of β-amino-alcohol motifs (C(OH)–C–C–N with tert-alkyl or cyclic N) is 1. The molecule has 1 fully saturated rings. The Morgan fingerprint density at radius 2 is 2.07 bits per heavy atom. The number of unbranched alkanes of at least 4 members (excludes halogenated alkanes) is 2. The first-order chi connectivity index (χ1) is 6.74. The molecule has 3 heteroatoms. The van der Waals surface area contributed by atoms with Gasteiger partial charge in [0.1, 0.15) is 0 Å². The number of rotatable bonds is 5. The first-order valence-electron chi connectivity index (χ1n) is 5.75. The third-order valence-corrected chi connectivity index (χ3v) is 3.14. The van der Waals surface area contributed by atoms with E-state index >= 15 is 0 Å². The van der Waals surface area contributed by atoms with Crippen LogP contribution in [0.5, 0.6) is 0 Å². The van der Waals surface area contributed by atoms with Crippen molar-refractivity contribution in [3.63, 3.8) is 0 Å². The highest BCUT2D eigenvalue weighted by Crippen LogP contribution is 2.17. The topological polar surface area (TPSA) is 43.7 Å². The first kappa shape index (κ1) is 12.0. The lowest BCUT2D eigenvalue weighted by Crippen LogP contribution is -2.43. The van der Waals surface area contributed by atoms with Gasteiger partial charge in [0.25, 0.3) is 0 Å². The van der Waals surface area contributed by atoms with Crippen LogP contribution in [0.25, 0.3) is 0 Å². The van der Waals surface area contributed by atoms with Gasteiger partial charge in [0.05, 0.1) is 6.10 Å². The van der Waals surface area contributed by atoms with Crippen molar-refractivity contribution in [1.82, 2.24) is 4.90 Å². The Kier molecular flexibility index (Phi) is 5.45. The molecule has 1 saturated heterocycles. The fourth-order valence-corrected chi connectivity index (χ4v) is 1.94. The highest BCUT2D eigenvalue weighted by molar-refractivity contribution is 4.76. The lowest BCUT2D eigenvalue weighted by atomic mass is 9.96. The molecule has 14 heavy (non-hydrogen) atoms. The Morgan fingerprint density at radius 3 is 2.71 bits per heavy atom. The monoisotopic (exact) mass is 201 g/mol. The first-order valence-corrected chi connectivity index (χ1v) is 5.75. The van der Waals surface area contributed by atoms with E-state index in [1.54, 1.807) is 0 Å². The molecule has 0 saturated carbocycles. The van der Waals surface area contributed by atoms with Gasteiger partial charge in [-0.05, 0) is 44.7 Å². The molecule has 0 spiro atoms. The van der Waals surface area contributed by atoms with Crippen molar-refractivity contribution in [2.45, 2.75) is 38.7 Å². The van der Waals surface area contributed by atoms with Gasteiger partial charge in [-0.1, -0.05) is 6.92 Å². The summed E-state index contributed by atoms with van der Waals surface area (Å²) in [5, 5.41) is 18.3. The van der Waals surface area contributed by atoms with Crippen molar-refractivity contribution >= 4 is 0 Å². The lowest BCUT2D eigenvalue weighted by molar-refractivity contribution is 0.0285. The van der Waals surface area contributed by atoms with Crippen LogP contribution in [0.4, 0.5) is 0 Å². The van der Waals surface area contributed by atoms with E-state index in [2.05, 4.69) is 11.8 Å². The number of likely N-dealkylation sites (tertiary alicyclic amines) is 1. The summed E-state index contributed by atoms with van der Waals surface area (Å²) in [6, 6.07) is 0. The molecule has 1 heterocycles. The van der Waals surface area contributed by atoms with Crippen molar-refractivity contribution in [3.8, 4) is 0 Å². The Morgan fingerprint density at radius 1 is 1.29 bits per heavy atom. The Bertz CT molecular complexity index is 152. The molecule has 0 aromatic carbocycles. The number of piperidine rings is 1. The van der Waals surface area contributed by atoms with Gasteiger partial charge in [0, 0.05) is 13.2 Å². The molecule has 0 aromatic rings. The molecule has 2 unspecified atom stereocenters. The van der Waals surface area contributed by atoms with Crippen LogP contribution in [0.2, 0.25) is 0 Å². The minimum Gasteiger partial charge on any atom is -0.396 e. The van der Waals surface area contributed by atoms with Gasteiger partial charge in [0.2, 0.25) is 0 Å². The highest BCUT2D eigenvalue weighted by Gasteiger charge is 2.23. The average Bonchev–Trinajstić information content (AvgIpc) is 2.18. The molecule has 2 N–H and O–H groups in total. The second kappa shape index (κ2) is 6.38. The summed E-state index contributed by atoms with van der Waals surface area (Å²) in [6.07, 6.45) is 4.12. The van der Waals surface area contributed by atoms with E-state index in [0.29, 0.717) is 12.5 Å². The van der Waals surface area contributed by atoms with Crippen LogP contribution >= 0.6 is 0 Å². The smallest absolute Gasteiger partial charge is 0.0693 e. The fourth-order valence-electron chi connectivity index (χ4n) is 1.94. The molecule has 0 aliphatic carbocycles. The molecule has 0 bridgehead atoms. The molecule has 1 rings (SSSR count). The van der Waals surface area contributed by atoms with Gasteiger partial charge in [0.15, 0.2) is 0 Å². The van der Waals surface area contributed by atoms with E-state index in [1.165, 1.54) is 0 Å². The van der Waals surface area contributed by atoms with Gasteiger partial charge in [-0.3, -0.25) is 0 Å². The number of nitrogens with zero attached hydrogens (tertiary/aromatic N) is 1. The van der Waals surface area contributed by atoms with Crippen LogP contribution in [0.3, 0.4) is 0 Å². The summed E-state index contributed by atoms with van der Waals surface area (Å²) in [7, 11) is 0. The molecule has 0 radical (unpaired) electrons. The SMILES string of the molecule is CC1CCN(CCCCCO)CC1O. The molecule has 0 aromatic heterocycles. The molecule has 1 aliphatic rings. The van der Waals surface area contributed by atoms with Crippen LogP contribution in [0, 0.1) is 5.92 Å². The van der Waals surface area contributed by atoms with Crippen molar-refractivity contribution in [2.75, 3.05) is 26.2 Å². The van der Waals surface area contributed by atoms with Crippen LogP contribution in [-0.2, 0) is 0 Å². The maximum Gasteiger partial charge on any atom is 0.0693 e. The predicted molar refractivity (Wildman–Crippen MR) is 57.2 cm³/mol. The van der Waals surface area contributed by atoms with E-state index in [1.807, 2.05) is 0 Å². The van der Waals surface area contributed by atoms with Crippen molar-refractivity contribution in [2.24, 2.45) is 5.92 Å². The Balaban J connectivity index is 2.07. The zero-order valence-corrected chi connectivity index (χ0v) is 9.15. The summed E-state index contributed by atoms with van der Waals surface area (Å²) in [6.45, 7) is 5.45. The van der Waals surface area contributed by atoms with Gasteiger partial charge in [-0.15, -0.1) is 0 Å². The minimum absolute atomic E-state index is 0.137. The van der Waals surface area contributed by atoms with Gasteiger partial charge in [-0.2, -0.15) is 0 Å². The molecule has 2 atom stereocenters. The van der Waals surface area contributed by atoms with Crippen molar-refractivity contribution in [3.05, 3.63) is 0 Å². The maximum atomic E-state index is 9.67. The minimum atomic E-state index is -0.137. The fraction of sp³-hybridized carbons (Fsp3) is 1.00. The van der Waals surface area contributed by atoms with E-state index in [4.69, 9.17) is 5.11 Å². The summed E-state index contributed by atoms with van der Waals surface area (Å²) >= 11 is 0. The molecule has 3 nitrogen and oxygen atoms in total. The standard InChI is InChI=1S/C11H23NO2/c1-10-5-7-12(9-11(10)14)6-3-2-4-8-13/h10-11,13-14H,2-9H2,1H3. The van der Waals surface area contributed by atoms with Crippen molar-refractivity contribution < 1.29 is 10.2 Å². The van der Waals surface area contributed by atoms with Crippen LogP contribution < -0.4 is 0 Å². The van der Waals surface area contributed by atoms with E-state index in [-0.39, 0.29) is 6.10 Å². The normalized spacial score (nSPS) is 29.4. The Labute approximate surface area is 86.7 Å². The van der Waals surface area contributed by atoms with Crippen LogP contribution in [0.15, 0.2) is 0 Å². The zero-order chi connectivity index (χ0) is 10.4. The highest BCUT2D eigenvalue weighted by atomic mass is 16.3. The number of hydrogen-bond donors (Lipinski definition) is 2. The van der Waals surface area contributed by atoms with Crippen LogP contribution in [0.1, 0.15) is 32.6 Å². The molecule has 0 amide bonds. The summed E-state index contributed by atoms with van der Waals surface area (Å²) in [5.74, 6) is 0.462. The third-order valence-electron chi connectivity index (χ3n) is 3.14. The average molecular weight is 201 g/mol. The largest absolute Gasteiger partial charge is 0.396 e. The summed E-state index contributed by atoms with van der Waals surface area (Å²) < 4.78 is 0. The Hall–Kier alpha value is -0.120. The number of hydrogen-bond acceptors (Lipinski definition) is 3. The van der Waals surface area contributed by atoms with E-state index in [0.717, 1.165) is 45.3 Å². The second-order valence-electron chi connectivity index (χ2n) is 4.42. The number of aliphatic hydroxyl groups excluding tert-OH is 2. The van der Waals surface area contributed by atoms with Gasteiger partial charge >= 0.3 is 0 Å². The maximum absolute atomic E-state index is 9.67. The van der Waals surface area contributed by atoms with Crippen LogP contribution in [-0.4, -0.2) is 47.5 Å². The number of aliphatic hydroxyl groups is 2. The predicted octanol–water partition coefficient (Wildman–Crippen LogP) is 0.852. The lowest BCUT2D eigenvalue weighted by Gasteiger charge is -2.34. The molecule has 1 aliphatic heterocycles. The molecule has 84 valence electrons. The molecular formula is C11H23NO2. The van der Waals surface area contributed by atoms with Crippen molar-refractivity contribution in [1.29, 1.82) is 0 Å². The second-order valence-corrected chi connectivity index (χ2v) is 4.42. The van der Waals surface area contributed by atoms with Gasteiger partial charge < -0.3 is 15.1 Å². The van der Waals surface area contributed by atoms with E-state index < -0.39 is 0 Å².